The second-order valence-corrected chi connectivity index (χ2v) is 8.29. The fraction of sp³-hybridized carbons (Fsp3) is 0.300. The summed E-state index contributed by atoms with van der Waals surface area (Å²) in [5.74, 6) is -0.620. The number of nitrogens with one attached hydrogen (secondary N) is 1. The highest BCUT2D eigenvalue weighted by Gasteiger charge is 2.19. The molecule has 4 rings (SSSR count). The van der Waals surface area contributed by atoms with Gasteiger partial charge in [0.15, 0.2) is 0 Å². The topological polar surface area (TPSA) is 90.4 Å². The molecule has 8 nitrogen and oxygen atoms in total. The molecule has 4 aromatic rings. The molecule has 0 unspecified atom stereocenters. The van der Waals surface area contributed by atoms with E-state index in [0.717, 1.165) is 11.1 Å². The van der Waals surface area contributed by atoms with Crippen LogP contribution in [0, 0.1) is 11.7 Å². The van der Waals surface area contributed by atoms with Crippen molar-refractivity contribution < 1.29 is 9.18 Å². The number of amides is 1. The molecule has 0 aliphatic rings. The van der Waals surface area contributed by atoms with E-state index in [1.165, 1.54) is 38.5 Å². The molecule has 1 aromatic carbocycles. The maximum atomic E-state index is 13.8. The van der Waals surface area contributed by atoms with Gasteiger partial charge in [-0.15, -0.1) is 16.4 Å². The van der Waals surface area contributed by atoms with Gasteiger partial charge in [-0.25, -0.2) is 18.3 Å². The number of fused-ring (bicyclic) bond motifs is 3. The lowest BCUT2D eigenvalue weighted by Crippen LogP contribution is -2.29. The quantitative estimate of drug-likeness (QED) is 0.510. The number of rotatable bonds is 6. The second kappa shape index (κ2) is 7.86. The fourth-order valence-corrected chi connectivity index (χ4v) is 4.04. The molecule has 0 fully saturated rings. The summed E-state index contributed by atoms with van der Waals surface area (Å²) in [7, 11) is 0. The van der Waals surface area contributed by atoms with Gasteiger partial charge in [0.05, 0.1) is 11.2 Å². The van der Waals surface area contributed by atoms with Crippen molar-refractivity contribution >= 4 is 38.9 Å². The van der Waals surface area contributed by atoms with Gasteiger partial charge >= 0.3 is 5.69 Å². The summed E-state index contributed by atoms with van der Waals surface area (Å²) < 4.78 is 18.1. The van der Waals surface area contributed by atoms with Crippen LogP contribution >= 0.6 is 11.3 Å². The van der Waals surface area contributed by atoms with E-state index in [0.29, 0.717) is 22.7 Å². The Balaban J connectivity index is 1.76. The molecule has 0 atom stereocenters. The number of halogens is 1. The molecule has 3 aromatic heterocycles. The fourth-order valence-electron chi connectivity index (χ4n) is 3.21. The SMILES string of the molecule is CC(C)CCn1c(=O)c2sccc2n2c(=O)n(CC(=O)Nc3ccccc3F)nc12. The predicted octanol–water partition coefficient (Wildman–Crippen LogP) is 2.70. The van der Waals surface area contributed by atoms with E-state index in [1.54, 1.807) is 17.5 Å². The summed E-state index contributed by atoms with van der Waals surface area (Å²) in [5, 5.41) is 8.45. The summed E-state index contributed by atoms with van der Waals surface area (Å²) >= 11 is 1.26. The van der Waals surface area contributed by atoms with Crippen molar-refractivity contribution in [2.75, 3.05) is 5.32 Å². The summed E-state index contributed by atoms with van der Waals surface area (Å²) in [6.07, 6.45) is 0.737. The third-order valence-electron chi connectivity index (χ3n) is 4.76. The monoisotopic (exact) mass is 429 g/mol. The minimum atomic E-state index is -0.594. The molecule has 0 bridgehead atoms. The van der Waals surface area contributed by atoms with Crippen molar-refractivity contribution in [3.63, 3.8) is 0 Å². The molecule has 1 amide bonds. The van der Waals surface area contributed by atoms with Gasteiger partial charge in [-0.3, -0.25) is 14.2 Å². The van der Waals surface area contributed by atoms with Crippen LogP contribution < -0.4 is 16.6 Å². The Morgan fingerprint density at radius 3 is 2.73 bits per heavy atom. The van der Waals surface area contributed by atoms with Gasteiger partial charge in [-0.05, 0) is 35.9 Å². The standard InChI is InChI=1S/C20H20FN5O3S/c1-12(2)7-9-24-18(28)17-15(8-10-30-17)26-19(24)23-25(20(26)29)11-16(27)22-14-6-4-3-5-13(14)21/h3-6,8,10,12H,7,9,11H2,1-2H3,(H,22,27). The van der Waals surface area contributed by atoms with Crippen molar-refractivity contribution in [1.82, 2.24) is 18.7 Å². The number of thiophene rings is 1. The Morgan fingerprint density at radius 2 is 2.00 bits per heavy atom. The van der Waals surface area contributed by atoms with Crippen molar-refractivity contribution in [3.8, 4) is 0 Å². The number of hydrogen-bond acceptors (Lipinski definition) is 5. The summed E-state index contributed by atoms with van der Waals surface area (Å²) in [6, 6.07) is 7.45. The van der Waals surface area contributed by atoms with E-state index in [1.807, 2.05) is 13.8 Å². The van der Waals surface area contributed by atoms with E-state index in [9.17, 15) is 18.8 Å². The highest BCUT2D eigenvalue weighted by molar-refractivity contribution is 7.17. The van der Waals surface area contributed by atoms with Crippen LogP contribution in [0.5, 0.6) is 0 Å². The van der Waals surface area contributed by atoms with Gasteiger partial charge in [-0.1, -0.05) is 26.0 Å². The highest BCUT2D eigenvalue weighted by atomic mass is 32.1. The molecule has 0 aliphatic heterocycles. The van der Waals surface area contributed by atoms with Gasteiger partial charge in [0.1, 0.15) is 17.1 Å². The molecule has 0 saturated carbocycles. The van der Waals surface area contributed by atoms with Crippen LogP contribution in [-0.4, -0.2) is 24.7 Å². The molecule has 0 aliphatic carbocycles. The van der Waals surface area contributed by atoms with Crippen LogP contribution in [0.2, 0.25) is 0 Å². The number of aryl methyl sites for hydroxylation is 1. The maximum absolute atomic E-state index is 13.8. The van der Waals surface area contributed by atoms with E-state index in [2.05, 4.69) is 10.4 Å². The molecular formula is C20H20FN5O3S. The molecule has 1 N–H and O–H groups in total. The molecule has 10 heteroatoms. The minimum Gasteiger partial charge on any atom is -0.322 e. The lowest BCUT2D eigenvalue weighted by Gasteiger charge is -2.09. The first-order valence-corrected chi connectivity index (χ1v) is 10.4. The van der Waals surface area contributed by atoms with Gasteiger partial charge < -0.3 is 5.32 Å². The van der Waals surface area contributed by atoms with Gasteiger partial charge in [0, 0.05) is 6.54 Å². The predicted molar refractivity (Wildman–Crippen MR) is 114 cm³/mol. The number of carbonyl (C=O) groups is 1. The molecule has 156 valence electrons. The van der Waals surface area contributed by atoms with Crippen LogP contribution in [0.1, 0.15) is 20.3 Å². The van der Waals surface area contributed by atoms with Gasteiger partial charge in [0.2, 0.25) is 11.7 Å². The van der Waals surface area contributed by atoms with Crippen LogP contribution in [0.3, 0.4) is 0 Å². The largest absolute Gasteiger partial charge is 0.352 e. The normalized spacial score (nSPS) is 11.6. The van der Waals surface area contributed by atoms with E-state index in [4.69, 9.17) is 0 Å². The Bertz CT molecular complexity index is 1360. The van der Waals surface area contributed by atoms with Crippen LogP contribution in [-0.2, 0) is 17.9 Å². The molecule has 0 saturated heterocycles. The van der Waals surface area contributed by atoms with Crippen molar-refractivity contribution in [3.05, 3.63) is 62.4 Å². The number of carbonyl (C=O) groups excluding carboxylic acids is 1. The average Bonchev–Trinajstić information content (AvgIpc) is 3.29. The smallest absolute Gasteiger partial charge is 0.322 e. The number of aromatic nitrogens is 4. The van der Waals surface area contributed by atoms with E-state index < -0.39 is 24.0 Å². The maximum Gasteiger partial charge on any atom is 0.352 e. The van der Waals surface area contributed by atoms with Crippen molar-refractivity contribution in [1.29, 1.82) is 0 Å². The first-order chi connectivity index (χ1) is 14.4. The molecule has 3 heterocycles. The first-order valence-electron chi connectivity index (χ1n) is 9.50. The van der Waals surface area contributed by atoms with Gasteiger partial charge in [-0.2, -0.15) is 0 Å². The lowest BCUT2D eigenvalue weighted by atomic mass is 10.1. The summed E-state index contributed by atoms with van der Waals surface area (Å²) in [5.41, 5.74) is -0.253. The van der Waals surface area contributed by atoms with Crippen LogP contribution in [0.4, 0.5) is 10.1 Å². The molecule has 0 spiro atoms. The zero-order valence-electron chi connectivity index (χ0n) is 16.5. The van der Waals surface area contributed by atoms with Crippen molar-refractivity contribution in [2.45, 2.75) is 33.4 Å². The lowest BCUT2D eigenvalue weighted by molar-refractivity contribution is -0.117. The minimum absolute atomic E-state index is 0.0216. The Hall–Kier alpha value is -3.27. The number of anilines is 1. The molecular weight excluding hydrogens is 409 g/mol. The number of hydrogen-bond donors (Lipinski definition) is 1. The Kier molecular flexibility index (Phi) is 5.25. The summed E-state index contributed by atoms with van der Waals surface area (Å²) in [4.78, 5) is 38.3. The second-order valence-electron chi connectivity index (χ2n) is 7.38. The zero-order valence-corrected chi connectivity index (χ0v) is 17.3. The Labute approximate surface area is 174 Å². The highest BCUT2D eigenvalue weighted by Crippen LogP contribution is 2.18. The molecule has 0 radical (unpaired) electrons. The zero-order chi connectivity index (χ0) is 21.4. The first kappa shape index (κ1) is 20.0. The summed E-state index contributed by atoms with van der Waals surface area (Å²) in [6.45, 7) is 4.10. The van der Waals surface area contributed by atoms with Gasteiger partial charge in [0.25, 0.3) is 5.56 Å². The van der Waals surface area contributed by atoms with Crippen LogP contribution in [0.25, 0.3) is 16.0 Å². The Morgan fingerprint density at radius 1 is 1.23 bits per heavy atom. The average molecular weight is 429 g/mol. The van der Waals surface area contributed by atoms with Crippen LogP contribution in [0.15, 0.2) is 45.3 Å². The number of para-hydroxylation sites is 1. The number of benzene rings is 1. The number of nitrogens with zero attached hydrogens (tertiary/aromatic N) is 4. The third-order valence-corrected chi connectivity index (χ3v) is 5.65. The van der Waals surface area contributed by atoms with E-state index >= 15 is 0 Å². The molecule has 30 heavy (non-hydrogen) atoms. The van der Waals surface area contributed by atoms with E-state index in [-0.39, 0.29) is 17.0 Å². The van der Waals surface area contributed by atoms with Crippen molar-refractivity contribution in [2.24, 2.45) is 5.92 Å². The third kappa shape index (κ3) is 3.54.